The van der Waals surface area contributed by atoms with Crippen molar-refractivity contribution in [2.75, 3.05) is 0 Å². The first-order valence-corrected chi connectivity index (χ1v) is 5.95. The summed E-state index contributed by atoms with van der Waals surface area (Å²) < 4.78 is 13.7. The molecule has 18 heavy (non-hydrogen) atoms. The summed E-state index contributed by atoms with van der Waals surface area (Å²) in [4.78, 5) is 7.20. The highest BCUT2D eigenvalue weighted by Crippen LogP contribution is 2.46. The van der Waals surface area contributed by atoms with Crippen LogP contribution in [-0.4, -0.2) is 9.97 Å². The van der Waals surface area contributed by atoms with E-state index >= 15 is 0 Å². The van der Waals surface area contributed by atoms with Crippen LogP contribution in [0.25, 0.3) is 11.3 Å². The number of aromatic amines is 1. The second-order valence-electron chi connectivity index (χ2n) is 4.46. The number of aromatic nitrogens is 2. The lowest BCUT2D eigenvalue weighted by molar-refractivity contribution is 0.631. The van der Waals surface area contributed by atoms with E-state index in [0.29, 0.717) is 22.1 Å². The molecule has 0 aliphatic heterocycles. The van der Waals surface area contributed by atoms with Crippen LogP contribution in [0, 0.1) is 17.1 Å². The van der Waals surface area contributed by atoms with E-state index in [1.165, 1.54) is 12.1 Å². The summed E-state index contributed by atoms with van der Waals surface area (Å²) >= 11 is 5.85. The molecule has 1 aromatic heterocycles. The van der Waals surface area contributed by atoms with E-state index < -0.39 is 5.41 Å². The number of nitrogens with one attached hydrogen (secondary N) is 1. The molecule has 0 atom stereocenters. The number of hydrogen-bond donors (Lipinski definition) is 1. The van der Waals surface area contributed by atoms with Crippen LogP contribution in [0.3, 0.4) is 0 Å². The van der Waals surface area contributed by atoms with Gasteiger partial charge in [-0.25, -0.2) is 9.37 Å². The molecule has 1 saturated carbocycles. The lowest BCUT2D eigenvalue weighted by Crippen LogP contribution is -2.04. The van der Waals surface area contributed by atoms with Crippen LogP contribution in [0.5, 0.6) is 0 Å². The largest absolute Gasteiger partial charge is 0.341 e. The Hall–Kier alpha value is -1.86. The van der Waals surface area contributed by atoms with Crippen molar-refractivity contribution in [2.45, 2.75) is 18.3 Å². The van der Waals surface area contributed by atoms with Gasteiger partial charge in [0.05, 0.1) is 18.0 Å². The summed E-state index contributed by atoms with van der Waals surface area (Å²) in [6.45, 7) is 0. The molecule has 0 bridgehead atoms. The molecular weight excluding hydrogens is 253 g/mol. The van der Waals surface area contributed by atoms with E-state index in [4.69, 9.17) is 16.9 Å². The molecule has 0 radical (unpaired) electrons. The smallest absolute Gasteiger partial charge is 0.132 e. The molecule has 1 heterocycles. The Bertz CT molecular complexity index is 652. The highest BCUT2D eigenvalue weighted by Gasteiger charge is 2.47. The molecule has 0 spiro atoms. The molecule has 1 fully saturated rings. The highest BCUT2D eigenvalue weighted by molar-refractivity contribution is 6.30. The van der Waals surface area contributed by atoms with E-state index in [2.05, 4.69) is 16.0 Å². The van der Waals surface area contributed by atoms with Crippen LogP contribution in [0.2, 0.25) is 5.02 Å². The van der Waals surface area contributed by atoms with Gasteiger partial charge in [0.1, 0.15) is 17.1 Å². The summed E-state index contributed by atoms with van der Waals surface area (Å²) in [6, 6.07) is 6.60. The van der Waals surface area contributed by atoms with Crippen molar-refractivity contribution in [2.24, 2.45) is 0 Å². The van der Waals surface area contributed by atoms with Crippen molar-refractivity contribution >= 4 is 11.6 Å². The fourth-order valence-corrected chi connectivity index (χ4v) is 2.10. The Balaban J connectivity index is 2.04. The minimum absolute atomic E-state index is 0.364. The maximum atomic E-state index is 13.7. The predicted octanol–water partition coefficient (Wildman–Crippen LogP) is 3.42. The van der Waals surface area contributed by atoms with Crippen LogP contribution in [-0.2, 0) is 5.41 Å². The maximum Gasteiger partial charge on any atom is 0.132 e. The van der Waals surface area contributed by atoms with Crippen molar-refractivity contribution in [3.05, 3.63) is 41.1 Å². The number of halogens is 2. The third-order valence-electron chi connectivity index (χ3n) is 3.21. The third kappa shape index (κ3) is 1.68. The average Bonchev–Trinajstić information content (AvgIpc) is 3.02. The number of imidazole rings is 1. The van der Waals surface area contributed by atoms with Crippen LogP contribution >= 0.6 is 11.6 Å². The van der Waals surface area contributed by atoms with E-state index in [-0.39, 0.29) is 5.82 Å². The molecular formula is C13H9ClFN3. The number of rotatable bonds is 2. The minimum atomic E-state index is -0.493. The topological polar surface area (TPSA) is 52.5 Å². The number of nitriles is 1. The fraction of sp³-hybridized carbons (Fsp3) is 0.231. The molecule has 0 amide bonds. The minimum Gasteiger partial charge on any atom is -0.341 e. The molecule has 90 valence electrons. The van der Waals surface area contributed by atoms with Gasteiger partial charge in [-0.3, -0.25) is 0 Å². The quantitative estimate of drug-likeness (QED) is 0.900. The molecule has 1 aromatic carbocycles. The highest BCUT2D eigenvalue weighted by atomic mass is 35.5. The van der Waals surface area contributed by atoms with Crippen molar-refractivity contribution < 1.29 is 4.39 Å². The molecule has 1 aliphatic carbocycles. The lowest BCUT2D eigenvalue weighted by atomic mass is 10.1. The van der Waals surface area contributed by atoms with Gasteiger partial charge in [0.15, 0.2) is 0 Å². The van der Waals surface area contributed by atoms with Gasteiger partial charge >= 0.3 is 0 Å². The van der Waals surface area contributed by atoms with Crippen molar-refractivity contribution in [3.63, 3.8) is 0 Å². The zero-order valence-electron chi connectivity index (χ0n) is 9.37. The van der Waals surface area contributed by atoms with Crippen LogP contribution in [0.15, 0.2) is 24.4 Å². The van der Waals surface area contributed by atoms with Gasteiger partial charge < -0.3 is 4.98 Å². The molecule has 1 N–H and O–H groups in total. The Morgan fingerprint density at radius 2 is 2.22 bits per heavy atom. The predicted molar refractivity (Wildman–Crippen MR) is 65.5 cm³/mol. The Labute approximate surface area is 108 Å². The molecule has 3 nitrogen and oxygen atoms in total. The second-order valence-corrected chi connectivity index (χ2v) is 4.90. The van der Waals surface area contributed by atoms with Crippen LogP contribution < -0.4 is 0 Å². The van der Waals surface area contributed by atoms with Gasteiger partial charge in [0.2, 0.25) is 0 Å². The van der Waals surface area contributed by atoms with Crippen molar-refractivity contribution in [1.82, 2.24) is 9.97 Å². The summed E-state index contributed by atoms with van der Waals surface area (Å²) in [5, 5.41) is 9.55. The summed E-state index contributed by atoms with van der Waals surface area (Å²) in [7, 11) is 0. The molecule has 0 unspecified atom stereocenters. The van der Waals surface area contributed by atoms with Gasteiger partial charge in [-0.05, 0) is 31.0 Å². The van der Waals surface area contributed by atoms with Gasteiger partial charge in [0, 0.05) is 10.6 Å². The Kier molecular flexibility index (Phi) is 2.39. The zero-order valence-corrected chi connectivity index (χ0v) is 10.1. The van der Waals surface area contributed by atoms with E-state index in [1.807, 2.05) is 0 Å². The summed E-state index contributed by atoms with van der Waals surface area (Å²) in [5.74, 6) is 0.246. The van der Waals surface area contributed by atoms with Crippen molar-refractivity contribution in [1.29, 1.82) is 5.26 Å². The average molecular weight is 262 g/mol. The van der Waals surface area contributed by atoms with E-state index in [1.54, 1.807) is 12.3 Å². The summed E-state index contributed by atoms with van der Waals surface area (Å²) in [6.07, 6.45) is 3.14. The van der Waals surface area contributed by atoms with Gasteiger partial charge in [0.25, 0.3) is 0 Å². The second kappa shape index (κ2) is 3.82. The van der Waals surface area contributed by atoms with Gasteiger partial charge in [-0.2, -0.15) is 5.26 Å². The molecule has 3 rings (SSSR count). The fourth-order valence-electron chi connectivity index (χ4n) is 1.93. The van der Waals surface area contributed by atoms with E-state index in [9.17, 15) is 4.39 Å². The van der Waals surface area contributed by atoms with E-state index in [0.717, 1.165) is 12.8 Å². The monoisotopic (exact) mass is 261 g/mol. The maximum absolute atomic E-state index is 13.7. The zero-order chi connectivity index (χ0) is 12.8. The van der Waals surface area contributed by atoms with Gasteiger partial charge in [-0.15, -0.1) is 0 Å². The number of H-pyrrole nitrogens is 1. The number of hydrogen-bond acceptors (Lipinski definition) is 2. The molecule has 1 aliphatic rings. The Morgan fingerprint density at radius 1 is 1.44 bits per heavy atom. The molecule has 0 saturated heterocycles. The molecule has 2 aromatic rings. The first kappa shape index (κ1) is 11.2. The lowest BCUT2D eigenvalue weighted by Gasteiger charge is -2.02. The van der Waals surface area contributed by atoms with Crippen LogP contribution in [0.4, 0.5) is 4.39 Å². The normalized spacial score (nSPS) is 16.3. The molecule has 5 heteroatoms. The van der Waals surface area contributed by atoms with Crippen molar-refractivity contribution in [3.8, 4) is 17.3 Å². The Morgan fingerprint density at radius 3 is 2.89 bits per heavy atom. The first-order valence-electron chi connectivity index (χ1n) is 5.57. The van der Waals surface area contributed by atoms with Gasteiger partial charge in [-0.1, -0.05) is 11.6 Å². The number of nitrogens with zero attached hydrogens (tertiary/aromatic N) is 2. The number of benzene rings is 1. The summed E-state index contributed by atoms with van der Waals surface area (Å²) in [5.41, 5.74) is 0.425. The first-order chi connectivity index (χ1) is 8.64. The SMILES string of the molecule is N#CC1(c2ncc(-c3cc(Cl)ccc3F)[nH]2)CC1. The third-order valence-corrected chi connectivity index (χ3v) is 3.45. The van der Waals surface area contributed by atoms with Crippen LogP contribution in [0.1, 0.15) is 18.7 Å². The standard InChI is InChI=1S/C13H9ClFN3/c14-8-1-2-10(15)9(5-8)11-6-17-12(18-11)13(7-16)3-4-13/h1-2,5-6H,3-4H2,(H,17,18).